The molecule has 3 aromatic carbocycles. The molecule has 1 N–H and O–H groups in total. The van der Waals surface area contributed by atoms with Crippen LogP contribution in [0.3, 0.4) is 0 Å². The van der Waals surface area contributed by atoms with Crippen LogP contribution in [0.15, 0.2) is 72.8 Å². The molecule has 0 saturated heterocycles. The van der Waals surface area contributed by atoms with Gasteiger partial charge in [-0.15, -0.1) is 0 Å². The Hall–Kier alpha value is -2.58. The van der Waals surface area contributed by atoms with Crippen LogP contribution >= 0.6 is 11.6 Å². The Balaban J connectivity index is 1.71. The van der Waals surface area contributed by atoms with Crippen molar-refractivity contribution in [3.8, 4) is 0 Å². The number of amides is 1. The van der Waals surface area contributed by atoms with Gasteiger partial charge in [0.05, 0.1) is 0 Å². The van der Waals surface area contributed by atoms with E-state index in [1.807, 2.05) is 54.6 Å². The summed E-state index contributed by atoms with van der Waals surface area (Å²) < 4.78 is 0. The molecule has 0 aliphatic rings. The van der Waals surface area contributed by atoms with Crippen LogP contribution in [-0.2, 0) is 4.79 Å². The van der Waals surface area contributed by atoms with Crippen molar-refractivity contribution in [3.63, 3.8) is 0 Å². The maximum atomic E-state index is 12.0. The molecule has 0 bridgehead atoms. The van der Waals surface area contributed by atoms with Gasteiger partial charge in [0.1, 0.15) is 0 Å². The molecular weight excluding hydrogens is 294 g/mol. The van der Waals surface area contributed by atoms with Crippen molar-refractivity contribution in [1.29, 1.82) is 0 Å². The van der Waals surface area contributed by atoms with Crippen molar-refractivity contribution in [2.24, 2.45) is 0 Å². The highest BCUT2D eigenvalue weighted by molar-refractivity contribution is 6.30. The van der Waals surface area contributed by atoms with Gasteiger partial charge in [-0.3, -0.25) is 4.79 Å². The quantitative estimate of drug-likeness (QED) is 0.666. The number of rotatable bonds is 3. The van der Waals surface area contributed by atoms with Crippen LogP contribution in [0.4, 0.5) is 5.69 Å². The first kappa shape index (κ1) is 14.4. The Labute approximate surface area is 134 Å². The number of hydrogen-bond donors (Lipinski definition) is 1. The summed E-state index contributed by atoms with van der Waals surface area (Å²) in [4.78, 5) is 12.0. The molecule has 22 heavy (non-hydrogen) atoms. The second-order valence-corrected chi connectivity index (χ2v) is 5.37. The van der Waals surface area contributed by atoms with Gasteiger partial charge in [-0.25, -0.2) is 0 Å². The molecule has 0 atom stereocenters. The van der Waals surface area contributed by atoms with Gasteiger partial charge < -0.3 is 5.32 Å². The van der Waals surface area contributed by atoms with Crippen molar-refractivity contribution >= 4 is 40.0 Å². The van der Waals surface area contributed by atoms with E-state index in [9.17, 15) is 4.79 Å². The SMILES string of the molecule is O=C(/C=C/c1ccc(Cl)cc1)Nc1ccc2ccccc2c1. The average molecular weight is 308 g/mol. The van der Waals surface area contributed by atoms with E-state index >= 15 is 0 Å². The lowest BCUT2D eigenvalue weighted by atomic mass is 10.1. The number of fused-ring (bicyclic) bond motifs is 1. The fourth-order valence-corrected chi connectivity index (χ4v) is 2.32. The van der Waals surface area contributed by atoms with Gasteiger partial charge in [0.15, 0.2) is 0 Å². The van der Waals surface area contributed by atoms with Crippen LogP contribution in [0.25, 0.3) is 16.8 Å². The van der Waals surface area contributed by atoms with Crippen molar-refractivity contribution in [2.75, 3.05) is 5.32 Å². The van der Waals surface area contributed by atoms with E-state index in [4.69, 9.17) is 11.6 Å². The molecule has 0 radical (unpaired) electrons. The van der Waals surface area contributed by atoms with E-state index in [-0.39, 0.29) is 5.91 Å². The minimum atomic E-state index is -0.162. The summed E-state index contributed by atoms with van der Waals surface area (Å²) in [5.41, 5.74) is 1.71. The molecular formula is C19H14ClNO. The first-order valence-corrected chi connectivity index (χ1v) is 7.32. The normalized spacial score (nSPS) is 11.0. The lowest BCUT2D eigenvalue weighted by Gasteiger charge is -2.04. The van der Waals surface area contributed by atoms with Crippen molar-refractivity contribution in [2.45, 2.75) is 0 Å². The number of hydrogen-bond acceptors (Lipinski definition) is 1. The summed E-state index contributed by atoms with van der Waals surface area (Å²) >= 11 is 5.83. The summed E-state index contributed by atoms with van der Waals surface area (Å²) in [6, 6.07) is 21.2. The summed E-state index contributed by atoms with van der Waals surface area (Å²) in [5, 5.41) is 5.79. The minimum absolute atomic E-state index is 0.162. The summed E-state index contributed by atoms with van der Waals surface area (Å²) in [6.45, 7) is 0. The predicted octanol–water partition coefficient (Wildman–Crippen LogP) is 5.15. The lowest BCUT2D eigenvalue weighted by molar-refractivity contribution is -0.111. The number of benzene rings is 3. The summed E-state index contributed by atoms with van der Waals surface area (Å²) in [6.07, 6.45) is 3.27. The largest absolute Gasteiger partial charge is 0.322 e. The zero-order chi connectivity index (χ0) is 15.4. The van der Waals surface area contributed by atoms with Crippen LogP contribution in [0.1, 0.15) is 5.56 Å². The van der Waals surface area contributed by atoms with Crippen molar-refractivity contribution < 1.29 is 4.79 Å². The molecule has 3 heteroatoms. The molecule has 0 aromatic heterocycles. The molecule has 0 saturated carbocycles. The van der Waals surface area contributed by atoms with Crippen LogP contribution in [-0.4, -0.2) is 5.91 Å². The zero-order valence-electron chi connectivity index (χ0n) is 11.8. The van der Waals surface area contributed by atoms with Crippen molar-refractivity contribution in [3.05, 3.63) is 83.4 Å². The number of halogens is 1. The van der Waals surface area contributed by atoms with Gasteiger partial charge in [-0.05, 0) is 46.7 Å². The van der Waals surface area contributed by atoms with E-state index in [1.54, 1.807) is 18.2 Å². The molecule has 0 aliphatic carbocycles. The number of carbonyl (C=O) groups is 1. The van der Waals surface area contributed by atoms with Gasteiger partial charge in [0, 0.05) is 16.8 Å². The molecule has 0 spiro atoms. The average Bonchev–Trinajstić information content (AvgIpc) is 2.54. The highest BCUT2D eigenvalue weighted by Crippen LogP contribution is 2.19. The Kier molecular flexibility index (Phi) is 4.22. The molecule has 2 nitrogen and oxygen atoms in total. The maximum absolute atomic E-state index is 12.0. The maximum Gasteiger partial charge on any atom is 0.248 e. The number of anilines is 1. The van der Waals surface area contributed by atoms with Crippen LogP contribution in [0.2, 0.25) is 5.02 Å². The molecule has 1 amide bonds. The molecule has 0 heterocycles. The second-order valence-electron chi connectivity index (χ2n) is 4.94. The molecule has 0 aliphatic heterocycles. The highest BCUT2D eigenvalue weighted by atomic mass is 35.5. The van der Waals surface area contributed by atoms with Gasteiger partial charge in [0.2, 0.25) is 5.91 Å². The van der Waals surface area contributed by atoms with E-state index in [1.165, 1.54) is 6.08 Å². The predicted molar refractivity (Wildman–Crippen MR) is 93.1 cm³/mol. The lowest BCUT2D eigenvalue weighted by Crippen LogP contribution is -2.07. The molecule has 108 valence electrons. The molecule has 3 aromatic rings. The summed E-state index contributed by atoms with van der Waals surface area (Å²) in [5.74, 6) is -0.162. The molecule has 0 unspecified atom stereocenters. The Morgan fingerprint density at radius 2 is 1.64 bits per heavy atom. The minimum Gasteiger partial charge on any atom is -0.322 e. The smallest absolute Gasteiger partial charge is 0.248 e. The number of carbonyl (C=O) groups excluding carboxylic acids is 1. The van der Waals surface area contributed by atoms with Gasteiger partial charge in [-0.2, -0.15) is 0 Å². The van der Waals surface area contributed by atoms with Gasteiger partial charge in [-0.1, -0.05) is 54.1 Å². The third-order valence-electron chi connectivity index (χ3n) is 3.31. The Morgan fingerprint density at radius 3 is 2.41 bits per heavy atom. The van der Waals surface area contributed by atoms with Gasteiger partial charge >= 0.3 is 0 Å². The van der Waals surface area contributed by atoms with E-state index in [0.29, 0.717) is 5.02 Å². The number of nitrogens with one attached hydrogen (secondary N) is 1. The van der Waals surface area contributed by atoms with Crippen LogP contribution in [0.5, 0.6) is 0 Å². The fraction of sp³-hybridized carbons (Fsp3) is 0. The Morgan fingerprint density at radius 1 is 0.909 bits per heavy atom. The van der Waals surface area contributed by atoms with Crippen LogP contribution < -0.4 is 5.32 Å². The topological polar surface area (TPSA) is 29.1 Å². The van der Waals surface area contributed by atoms with Crippen LogP contribution in [0, 0.1) is 0 Å². The van der Waals surface area contributed by atoms with Crippen molar-refractivity contribution in [1.82, 2.24) is 0 Å². The van der Waals surface area contributed by atoms with E-state index < -0.39 is 0 Å². The molecule has 0 fully saturated rings. The second kappa shape index (κ2) is 6.46. The third kappa shape index (κ3) is 3.54. The third-order valence-corrected chi connectivity index (χ3v) is 3.57. The van der Waals surface area contributed by atoms with Gasteiger partial charge in [0.25, 0.3) is 0 Å². The molecule has 3 rings (SSSR count). The fourth-order valence-electron chi connectivity index (χ4n) is 2.20. The first-order chi connectivity index (χ1) is 10.7. The summed E-state index contributed by atoms with van der Waals surface area (Å²) in [7, 11) is 0. The zero-order valence-corrected chi connectivity index (χ0v) is 12.5. The highest BCUT2D eigenvalue weighted by Gasteiger charge is 1.99. The van der Waals surface area contributed by atoms with E-state index in [0.717, 1.165) is 22.0 Å². The van der Waals surface area contributed by atoms with E-state index in [2.05, 4.69) is 5.32 Å². The Bertz CT molecular complexity index is 837. The first-order valence-electron chi connectivity index (χ1n) is 6.94. The monoisotopic (exact) mass is 307 g/mol. The standard InChI is InChI=1S/C19H14ClNO/c20-17-9-5-14(6-10-17)7-12-19(22)21-18-11-8-15-3-1-2-4-16(15)13-18/h1-13H,(H,21,22)/b12-7+.